The van der Waals surface area contributed by atoms with Gasteiger partial charge in [-0.1, -0.05) is 19.8 Å². The van der Waals surface area contributed by atoms with Crippen LogP contribution in [0.1, 0.15) is 45.4 Å². The second-order valence-electron chi connectivity index (χ2n) is 6.73. The molecule has 3 atom stereocenters. The largest absolute Gasteiger partial charge is 0.314 e. The molecule has 2 fully saturated rings. The number of rotatable bonds is 5. The van der Waals surface area contributed by atoms with Crippen molar-refractivity contribution in [3.63, 3.8) is 0 Å². The van der Waals surface area contributed by atoms with E-state index < -0.39 is 0 Å². The fourth-order valence-electron chi connectivity index (χ4n) is 3.91. The van der Waals surface area contributed by atoms with Gasteiger partial charge in [-0.25, -0.2) is 0 Å². The smallest absolute Gasteiger partial charge is 0.0217 e. The molecule has 2 aliphatic rings. The Morgan fingerprint density at radius 2 is 1.89 bits per heavy atom. The molecule has 0 bridgehead atoms. The van der Waals surface area contributed by atoms with Crippen molar-refractivity contribution in [2.75, 3.05) is 40.3 Å². The molecular formula is C16H33N3. The van der Waals surface area contributed by atoms with Gasteiger partial charge in [0, 0.05) is 25.2 Å². The van der Waals surface area contributed by atoms with Gasteiger partial charge in [0.2, 0.25) is 0 Å². The Balaban J connectivity index is 1.84. The predicted octanol–water partition coefficient (Wildman–Crippen LogP) is 2.18. The maximum absolute atomic E-state index is 3.72. The van der Waals surface area contributed by atoms with Crippen LogP contribution >= 0.6 is 0 Å². The average molecular weight is 267 g/mol. The number of nitrogens with zero attached hydrogens (tertiary/aromatic N) is 2. The first-order chi connectivity index (χ1) is 9.20. The van der Waals surface area contributed by atoms with Gasteiger partial charge in [-0.05, 0) is 58.8 Å². The summed E-state index contributed by atoms with van der Waals surface area (Å²) in [5.74, 6) is 0.884. The summed E-state index contributed by atoms with van der Waals surface area (Å²) < 4.78 is 0. The van der Waals surface area contributed by atoms with Crippen LogP contribution in [0, 0.1) is 5.92 Å². The van der Waals surface area contributed by atoms with Crippen LogP contribution in [0.15, 0.2) is 0 Å². The first-order valence-corrected chi connectivity index (χ1v) is 8.33. The summed E-state index contributed by atoms with van der Waals surface area (Å²) in [4.78, 5) is 5.14. The molecule has 2 rings (SSSR count). The van der Waals surface area contributed by atoms with Crippen molar-refractivity contribution in [2.45, 2.75) is 57.5 Å². The third-order valence-electron chi connectivity index (χ3n) is 5.08. The van der Waals surface area contributed by atoms with E-state index in [1.807, 2.05) is 0 Å². The van der Waals surface area contributed by atoms with E-state index in [0.717, 1.165) is 24.5 Å². The fraction of sp³-hybridized carbons (Fsp3) is 1.00. The molecule has 0 spiro atoms. The van der Waals surface area contributed by atoms with E-state index in [0.29, 0.717) is 0 Å². The highest BCUT2D eigenvalue weighted by atomic mass is 15.2. The molecule has 3 nitrogen and oxygen atoms in total. The van der Waals surface area contributed by atoms with E-state index in [1.54, 1.807) is 0 Å². The van der Waals surface area contributed by atoms with Gasteiger partial charge in [-0.3, -0.25) is 0 Å². The molecule has 1 N–H and O–H groups in total. The Kier molecular flexibility index (Phi) is 6.11. The third kappa shape index (κ3) is 4.44. The molecule has 0 radical (unpaired) electrons. The molecule has 1 saturated heterocycles. The van der Waals surface area contributed by atoms with Crippen LogP contribution in [0.2, 0.25) is 0 Å². The summed E-state index contributed by atoms with van der Waals surface area (Å²) in [6, 6.07) is 1.55. The minimum Gasteiger partial charge on any atom is -0.314 e. The second-order valence-corrected chi connectivity index (χ2v) is 6.73. The van der Waals surface area contributed by atoms with Crippen molar-refractivity contribution < 1.29 is 0 Å². The Labute approximate surface area is 119 Å². The first-order valence-electron chi connectivity index (χ1n) is 8.33. The van der Waals surface area contributed by atoms with Crippen molar-refractivity contribution in [3.05, 3.63) is 0 Å². The standard InChI is InChI=1S/C16H33N3/c1-4-17-16-10-6-5-8-14(16)12-19-11-7-9-15(13-19)18(2)3/h14-17H,4-13H2,1-3H3. The minimum atomic E-state index is 0.773. The van der Waals surface area contributed by atoms with Gasteiger partial charge >= 0.3 is 0 Å². The summed E-state index contributed by atoms with van der Waals surface area (Å²) in [6.07, 6.45) is 8.45. The summed E-state index contributed by atoms with van der Waals surface area (Å²) in [5, 5.41) is 3.72. The number of piperidine rings is 1. The zero-order valence-electron chi connectivity index (χ0n) is 13.2. The van der Waals surface area contributed by atoms with Gasteiger partial charge < -0.3 is 15.1 Å². The normalized spacial score (nSPS) is 33.8. The highest BCUT2D eigenvalue weighted by Crippen LogP contribution is 2.26. The summed E-state index contributed by atoms with van der Waals surface area (Å²) in [5.41, 5.74) is 0. The lowest BCUT2D eigenvalue weighted by Crippen LogP contribution is -2.50. The number of hydrogen-bond donors (Lipinski definition) is 1. The molecule has 1 aliphatic carbocycles. The van der Waals surface area contributed by atoms with Gasteiger partial charge in [0.25, 0.3) is 0 Å². The van der Waals surface area contributed by atoms with E-state index in [9.17, 15) is 0 Å². The topological polar surface area (TPSA) is 18.5 Å². The fourth-order valence-corrected chi connectivity index (χ4v) is 3.91. The van der Waals surface area contributed by atoms with E-state index in [2.05, 4.69) is 36.1 Å². The Morgan fingerprint density at radius 3 is 2.63 bits per heavy atom. The molecule has 0 amide bonds. The maximum atomic E-state index is 3.72. The van der Waals surface area contributed by atoms with E-state index in [-0.39, 0.29) is 0 Å². The molecule has 3 heteroatoms. The SMILES string of the molecule is CCNC1CCCCC1CN1CCCC(N(C)C)C1. The highest BCUT2D eigenvalue weighted by Gasteiger charge is 2.28. The minimum absolute atomic E-state index is 0.773. The zero-order valence-corrected chi connectivity index (χ0v) is 13.2. The van der Waals surface area contributed by atoms with E-state index >= 15 is 0 Å². The number of hydrogen-bond acceptors (Lipinski definition) is 3. The molecule has 0 aromatic heterocycles. The van der Waals surface area contributed by atoms with Gasteiger partial charge in [-0.2, -0.15) is 0 Å². The lowest BCUT2D eigenvalue weighted by atomic mass is 9.83. The maximum Gasteiger partial charge on any atom is 0.0217 e. The lowest BCUT2D eigenvalue weighted by molar-refractivity contribution is 0.0995. The van der Waals surface area contributed by atoms with Crippen LogP contribution in [0.5, 0.6) is 0 Å². The van der Waals surface area contributed by atoms with Crippen LogP contribution in [0.3, 0.4) is 0 Å². The monoisotopic (exact) mass is 267 g/mol. The molecule has 1 aliphatic heterocycles. The third-order valence-corrected chi connectivity index (χ3v) is 5.08. The molecule has 3 unspecified atom stereocenters. The second kappa shape index (κ2) is 7.61. The Morgan fingerprint density at radius 1 is 1.11 bits per heavy atom. The van der Waals surface area contributed by atoms with Crippen LogP contribution < -0.4 is 5.32 Å². The molecule has 1 saturated carbocycles. The predicted molar refractivity (Wildman–Crippen MR) is 82.6 cm³/mol. The summed E-state index contributed by atoms with van der Waals surface area (Å²) >= 11 is 0. The molecule has 0 aromatic carbocycles. The quantitative estimate of drug-likeness (QED) is 0.824. The van der Waals surface area contributed by atoms with Gasteiger partial charge in [0.1, 0.15) is 0 Å². The van der Waals surface area contributed by atoms with Crippen LogP contribution in [0.4, 0.5) is 0 Å². The average Bonchev–Trinajstić information content (AvgIpc) is 2.41. The molecule has 19 heavy (non-hydrogen) atoms. The van der Waals surface area contributed by atoms with Gasteiger partial charge in [0.05, 0.1) is 0 Å². The van der Waals surface area contributed by atoms with Crippen molar-refractivity contribution in [1.82, 2.24) is 15.1 Å². The van der Waals surface area contributed by atoms with Crippen molar-refractivity contribution in [1.29, 1.82) is 0 Å². The van der Waals surface area contributed by atoms with Crippen molar-refractivity contribution in [3.8, 4) is 0 Å². The number of nitrogens with one attached hydrogen (secondary N) is 1. The van der Waals surface area contributed by atoms with Gasteiger partial charge in [-0.15, -0.1) is 0 Å². The van der Waals surface area contributed by atoms with Crippen LogP contribution in [-0.2, 0) is 0 Å². The molecule has 112 valence electrons. The van der Waals surface area contributed by atoms with Crippen LogP contribution in [0.25, 0.3) is 0 Å². The van der Waals surface area contributed by atoms with Crippen LogP contribution in [-0.4, -0.2) is 62.2 Å². The molecule has 1 heterocycles. The number of likely N-dealkylation sites (N-methyl/N-ethyl adjacent to an activating group) is 1. The number of likely N-dealkylation sites (tertiary alicyclic amines) is 1. The van der Waals surface area contributed by atoms with Crippen molar-refractivity contribution in [2.24, 2.45) is 5.92 Å². The van der Waals surface area contributed by atoms with Crippen molar-refractivity contribution >= 4 is 0 Å². The van der Waals surface area contributed by atoms with E-state index in [4.69, 9.17) is 0 Å². The molecule has 0 aromatic rings. The van der Waals surface area contributed by atoms with Gasteiger partial charge in [0.15, 0.2) is 0 Å². The first kappa shape index (κ1) is 15.3. The highest BCUT2D eigenvalue weighted by molar-refractivity contribution is 4.85. The Hall–Kier alpha value is -0.120. The van der Waals surface area contributed by atoms with E-state index in [1.165, 1.54) is 58.2 Å². The Bertz CT molecular complexity index is 252. The summed E-state index contributed by atoms with van der Waals surface area (Å²) in [7, 11) is 4.46. The lowest BCUT2D eigenvalue weighted by Gasteiger charge is -2.40. The molecular weight excluding hydrogens is 234 g/mol. The zero-order chi connectivity index (χ0) is 13.7. The summed E-state index contributed by atoms with van der Waals surface area (Å²) in [6.45, 7) is 7.29.